The summed E-state index contributed by atoms with van der Waals surface area (Å²) in [4.78, 5) is 34.5. The zero-order valence-electron chi connectivity index (χ0n) is 10.3. The fourth-order valence-corrected chi connectivity index (χ4v) is 2.31. The molecule has 1 atom stereocenters. The van der Waals surface area contributed by atoms with Gasteiger partial charge in [-0.2, -0.15) is 4.37 Å². The molecule has 1 unspecified atom stereocenters. The topological polar surface area (TPSA) is 134 Å². The Kier molecular flexibility index (Phi) is 4.57. The van der Waals surface area contributed by atoms with Gasteiger partial charge in [0.1, 0.15) is 10.6 Å². The first-order valence-electron chi connectivity index (χ1n) is 5.20. The highest BCUT2D eigenvalue weighted by Gasteiger charge is 2.27. The fraction of sp³-hybridized carbons (Fsp3) is 0.400. The molecule has 0 spiro atoms. The number of carboxylic acid groups (broad SMARTS) is 2. The summed E-state index contributed by atoms with van der Waals surface area (Å²) in [6.45, 7) is 1.51. The number of rotatable bonds is 5. The third-order valence-corrected chi connectivity index (χ3v) is 3.42. The van der Waals surface area contributed by atoms with Crippen LogP contribution in [0.1, 0.15) is 22.5 Å². The van der Waals surface area contributed by atoms with Crippen LogP contribution < -0.4 is 10.6 Å². The molecule has 9 heteroatoms. The Balaban J connectivity index is 3.00. The maximum absolute atomic E-state index is 11.9. The molecule has 1 amide bonds. The molecule has 0 saturated carbocycles. The number of carbonyl (C=O) groups is 3. The monoisotopic (exact) mass is 287 g/mol. The van der Waals surface area contributed by atoms with E-state index in [2.05, 4.69) is 4.37 Å². The standard InChI is InChI=1S/C10H13N3O5S/c1-4-7(10(17)18)9(19-12-4)13(2)8(16)5(11)3-6(14)15/h5H,3,11H2,1-2H3,(H,14,15)(H,17,18). The van der Waals surface area contributed by atoms with E-state index >= 15 is 0 Å². The summed E-state index contributed by atoms with van der Waals surface area (Å²) < 4.78 is 3.87. The van der Waals surface area contributed by atoms with Gasteiger partial charge in [-0.1, -0.05) is 0 Å². The summed E-state index contributed by atoms with van der Waals surface area (Å²) in [5, 5.41) is 17.8. The maximum Gasteiger partial charge on any atom is 0.340 e. The second kappa shape index (κ2) is 5.76. The SMILES string of the molecule is Cc1nsc(N(C)C(=O)C(N)CC(=O)O)c1C(=O)O. The summed E-state index contributed by atoms with van der Waals surface area (Å²) in [6, 6.07) is -1.23. The molecular formula is C10H13N3O5S. The second-order valence-electron chi connectivity index (χ2n) is 3.85. The number of carboxylic acids is 2. The van der Waals surface area contributed by atoms with Crippen LogP contribution in [0.3, 0.4) is 0 Å². The van der Waals surface area contributed by atoms with Crippen molar-refractivity contribution >= 4 is 34.4 Å². The first kappa shape index (κ1) is 15.1. The van der Waals surface area contributed by atoms with Crippen LogP contribution in [0.25, 0.3) is 0 Å². The number of nitrogens with zero attached hydrogens (tertiary/aromatic N) is 2. The Morgan fingerprint density at radius 1 is 1.42 bits per heavy atom. The number of amides is 1. The first-order chi connectivity index (χ1) is 8.75. The van der Waals surface area contributed by atoms with Gasteiger partial charge >= 0.3 is 11.9 Å². The van der Waals surface area contributed by atoms with Crippen LogP contribution in [0.15, 0.2) is 0 Å². The molecule has 0 fully saturated rings. The lowest BCUT2D eigenvalue weighted by molar-refractivity contribution is -0.139. The van der Waals surface area contributed by atoms with Crippen molar-refractivity contribution in [2.24, 2.45) is 5.73 Å². The Bertz CT molecular complexity index is 527. The molecule has 19 heavy (non-hydrogen) atoms. The molecule has 1 aromatic rings. The summed E-state index contributed by atoms with van der Waals surface area (Å²) in [7, 11) is 1.34. The van der Waals surface area contributed by atoms with E-state index in [4.69, 9.17) is 15.9 Å². The maximum atomic E-state index is 11.9. The molecule has 0 aliphatic rings. The van der Waals surface area contributed by atoms with Crippen LogP contribution in [0.2, 0.25) is 0 Å². The molecule has 8 nitrogen and oxygen atoms in total. The van der Waals surface area contributed by atoms with Gasteiger partial charge in [0, 0.05) is 7.05 Å². The van der Waals surface area contributed by atoms with Crippen molar-refractivity contribution in [3.63, 3.8) is 0 Å². The molecule has 0 aliphatic heterocycles. The number of aromatic carboxylic acids is 1. The van der Waals surface area contributed by atoms with Crippen molar-refractivity contribution in [1.82, 2.24) is 4.37 Å². The van der Waals surface area contributed by atoms with Crippen molar-refractivity contribution in [3.8, 4) is 0 Å². The highest BCUT2D eigenvalue weighted by atomic mass is 32.1. The molecule has 1 heterocycles. The number of likely N-dealkylation sites (N-methyl/N-ethyl adjacent to an activating group) is 1. The van der Waals surface area contributed by atoms with Gasteiger partial charge < -0.3 is 20.8 Å². The molecule has 104 valence electrons. The highest BCUT2D eigenvalue weighted by molar-refractivity contribution is 7.11. The summed E-state index contributed by atoms with van der Waals surface area (Å²) >= 11 is 0.848. The zero-order chi connectivity index (χ0) is 14.7. The van der Waals surface area contributed by atoms with Crippen LogP contribution in [-0.2, 0) is 9.59 Å². The van der Waals surface area contributed by atoms with Crippen molar-refractivity contribution in [3.05, 3.63) is 11.3 Å². The predicted octanol–water partition coefficient (Wildman–Crippen LogP) is -0.0855. The number of nitrogens with two attached hydrogens (primary N) is 1. The lowest BCUT2D eigenvalue weighted by Gasteiger charge is -2.19. The average Bonchev–Trinajstić information content (AvgIpc) is 2.68. The van der Waals surface area contributed by atoms with E-state index in [0.29, 0.717) is 5.69 Å². The first-order valence-corrected chi connectivity index (χ1v) is 5.97. The third kappa shape index (κ3) is 3.26. The van der Waals surface area contributed by atoms with Crippen molar-refractivity contribution in [2.75, 3.05) is 11.9 Å². The quantitative estimate of drug-likeness (QED) is 0.689. The molecule has 4 N–H and O–H groups in total. The van der Waals surface area contributed by atoms with Crippen molar-refractivity contribution in [2.45, 2.75) is 19.4 Å². The minimum Gasteiger partial charge on any atom is -0.481 e. The largest absolute Gasteiger partial charge is 0.481 e. The minimum atomic E-state index is -1.23. The lowest BCUT2D eigenvalue weighted by Crippen LogP contribution is -2.43. The zero-order valence-corrected chi connectivity index (χ0v) is 11.1. The van der Waals surface area contributed by atoms with Gasteiger partial charge in [-0.05, 0) is 18.5 Å². The number of aliphatic carboxylic acids is 1. The number of hydrogen-bond donors (Lipinski definition) is 3. The Morgan fingerprint density at radius 2 is 2.00 bits per heavy atom. The smallest absolute Gasteiger partial charge is 0.340 e. The van der Waals surface area contributed by atoms with Crippen LogP contribution >= 0.6 is 11.5 Å². The van der Waals surface area contributed by atoms with Gasteiger partial charge in [-0.3, -0.25) is 9.59 Å². The van der Waals surface area contributed by atoms with Gasteiger partial charge in [-0.15, -0.1) is 0 Å². The van der Waals surface area contributed by atoms with E-state index in [0.717, 1.165) is 16.4 Å². The summed E-state index contributed by atoms with van der Waals surface area (Å²) in [5.74, 6) is -3.07. The van der Waals surface area contributed by atoms with E-state index in [-0.39, 0.29) is 10.6 Å². The van der Waals surface area contributed by atoms with Crippen LogP contribution in [-0.4, -0.2) is 45.5 Å². The Morgan fingerprint density at radius 3 is 2.47 bits per heavy atom. The number of anilines is 1. The van der Waals surface area contributed by atoms with Crippen molar-refractivity contribution in [1.29, 1.82) is 0 Å². The van der Waals surface area contributed by atoms with Gasteiger partial charge in [0.05, 0.1) is 18.2 Å². The van der Waals surface area contributed by atoms with Gasteiger partial charge in [0.25, 0.3) is 0 Å². The lowest BCUT2D eigenvalue weighted by atomic mass is 10.2. The molecule has 0 aliphatic carbocycles. The van der Waals surface area contributed by atoms with E-state index in [9.17, 15) is 14.4 Å². The van der Waals surface area contributed by atoms with Crippen LogP contribution in [0, 0.1) is 6.92 Å². The fourth-order valence-electron chi connectivity index (χ4n) is 1.46. The molecular weight excluding hydrogens is 274 g/mol. The Labute approximate surface area is 112 Å². The summed E-state index contributed by atoms with van der Waals surface area (Å²) in [5.41, 5.74) is 5.66. The molecule has 0 bridgehead atoms. The van der Waals surface area contributed by atoms with Crippen LogP contribution in [0.5, 0.6) is 0 Å². The number of aryl methyl sites for hydroxylation is 1. The minimum absolute atomic E-state index is 0.0802. The Hall–Kier alpha value is -2.00. The van der Waals surface area contributed by atoms with Gasteiger partial charge in [-0.25, -0.2) is 4.79 Å². The molecule has 0 radical (unpaired) electrons. The second-order valence-corrected chi connectivity index (χ2v) is 4.61. The van der Waals surface area contributed by atoms with E-state index < -0.39 is 30.3 Å². The number of carbonyl (C=O) groups excluding carboxylic acids is 1. The van der Waals surface area contributed by atoms with Crippen molar-refractivity contribution < 1.29 is 24.6 Å². The average molecular weight is 287 g/mol. The van der Waals surface area contributed by atoms with E-state index in [1.807, 2.05) is 0 Å². The van der Waals surface area contributed by atoms with Gasteiger partial charge in [0.2, 0.25) is 5.91 Å². The normalized spacial score (nSPS) is 11.9. The number of aromatic nitrogens is 1. The molecule has 0 saturated heterocycles. The van der Waals surface area contributed by atoms with E-state index in [1.54, 1.807) is 0 Å². The molecule has 0 aromatic carbocycles. The highest BCUT2D eigenvalue weighted by Crippen LogP contribution is 2.28. The number of hydrogen-bond acceptors (Lipinski definition) is 6. The van der Waals surface area contributed by atoms with Gasteiger partial charge in [0.15, 0.2) is 0 Å². The van der Waals surface area contributed by atoms with Crippen LogP contribution in [0.4, 0.5) is 5.00 Å². The molecule has 1 aromatic heterocycles. The summed E-state index contributed by atoms with van der Waals surface area (Å²) in [6.07, 6.45) is -0.524. The predicted molar refractivity (Wildman–Crippen MR) is 67.4 cm³/mol. The molecule has 1 rings (SSSR count). The van der Waals surface area contributed by atoms with E-state index in [1.165, 1.54) is 14.0 Å². The third-order valence-electron chi connectivity index (χ3n) is 2.41.